The number of nitro benzene ring substituents is 1. The molecule has 0 saturated carbocycles. The van der Waals surface area contributed by atoms with Crippen LogP contribution in [0.15, 0.2) is 18.2 Å². The molecule has 104 valence electrons. The molecule has 8 nitrogen and oxygen atoms in total. The highest BCUT2D eigenvalue weighted by Crippen LogP contribution is 2.30. The monoisotopic (exact) mass is 278 g/mol. The summed E-state index contributed by atoms with van der Waals surface area (Å²) in [7, 11) is 0. The topological polar surface area (TPSA) is 107 Å². The zero-order chi connectivity index (χ0) is 14.9. The third-order valence-corrected chi connectivity index (χ3v) is 2.77. The van der Waals surface area contributed by atoms with Crippen LogP contribution >= 0.6 is 0 Å². The minimum absolute atomic E-state index is 0.0755. The molecular weight excluding hydrogens is 268 g/mol. The molecule has 20 heavy (non-hydrogen) atoms. The van der Waals surface area contributed by atoms with Gasteiger partial charge in [0, 0.05) is 6.07 Å². The lowest BCUT2D eigenvalue weighted by Crippen LogP contribution is -2.35. The van der Waals surface area contributed by atoms with Gasteiger partial charge >= 0.3 is 5.97 Å². The van der Waals surface area contributed by atoms with E-state index in [9.17, 15) is 24.5 Å². The first-order valence-electron chi connectivity index (χ1n) is 5.76. The molecule has 1 aromatic rings. The Kier molecular flexibility index (Phi) is 3.47. The van der Waals surface area contributed by atoms with Crippen LogP contribution in [-0.4, -0.2) is 40.8 Å². The molecule has 0 atom stereocenters. The number of esters is 1. The lowest BCUT2D eigenvalue weighted by Gasteiger charge is -2.11. The lowest BCUT2D eigenvalue weighted by molar-refractivity contribution is -0.385. The molecule has 2 rings (SSSR count). The Morgan fingerprint density at radius 1 is 1.35 bits per heavy atom. The van der Waals surface area contributed by atoms with E-state index in [4.69, 9.17) is 0 Å². The van der Waals surface area contributed by atoms with Crippen LogP contribution in [0.1, 0.15) is 27.6 Å². The predicted octanol–water partition coefficient (Wildman–Crippen LogP) is 0.754. The molecule has 0 unspecified atom stereocenters. The second-order valence-corrected chi connectivity index (χ2v) is 3.96. The van der Waals surface area contributed by atoms with Crippen LogP contribution in [0.4, 0.5) is 5.69 Å². The van der Waals surface area contributed by atoms with Gasteiger partial charge in [-0.1, -0.05) is 6.07 Å². The zero-order valence-electron chi connectivity index (χ0n) is 10.5. The minimum atomic E-state index is -0.856. The first-order chi connectivity index (χ1) is 9.47. The summed E-state index contributed by atoms with van der Waals surface area (Å²) in [5, 5.41) is 10.9. The number of rotatable bonds is 4. The molecule has 0 aliphatic carbocycles. The highest BCUT2D eigenvalue weighted by atomic mass is 16.6. The molecule has 0 aromatic heterocycles. The standard InChI is InChI=1S/C12H10N2O6/c1-2-20-9(15)6-13-11(16)7-4-3-5-8(14(18)19)10(7)12(13)17/h3-5H,2,6H2,1H3. The number of ether oxygens (including phenoxy) is 1. The fraction of sp³-hybridized carbons (Fsp3) is 0.250. The van der Waals surface area contributed by atoms with Crippen LogP contribution < -0.4 is 0 Å². The summed E-state index contributed by atoms with van der Waals surface area (Å²) in [6.07, 6.45) is 0. The largest absolute Gasteiger partial charge is 0.465 e. The predicted molar refractivity (Wildman–Crippen MR) is 65.1 cm³/mol. The number of nitrogens with zero attached hydrogens (tertiary/aromatic N) is 2. The first-order valence-corrected chi connectivity index (χ1v) is 5.76. The summed E-state index contributed by atoms with van der Waals surface area (Å²) in [6.45, 7) is 1.14. The van der Waals surface area contributed by atoms with Crippen molar-refractivity contribution in [3.8, 4) is 0 Å². The van der Waals surface area contributed by atoms with Gasteiger partial charge in [0.05, 0.1) is 17.1 Å². The Bertz CT molecular complexity index is 624. The number of imide groups is 1. The molecule has 1 aromatic carbocycles. The fourth-order valence-electron chi connectivity index (χ4n) is 1.95. The van der Waals surface area contributed by atoms with E-state index in [-0.39, 0.29) is 17.7 Å². The van der Waals surface area contributed by atoms with E-state index in [1.807, 2.05) is 0 Å². The van der Waals surface area contributed by atoms with Crippen molar-refractivity contribution in [2.45, 2.75) is 6.92 Å². The molecule has 0 bridgehead atoms. The van der Waals surface area contributed by atoms with Gasteiger partial charge in [0.1, 0.15) is 12.1 Å². The van der Waals surface area contributed by atoms with Crippen molar-refractivity contribution in [2.24, 2.45) is 0 Å². The second-order valence-electron chi connectivity index (χ2n) is 3.96. The average molecular weight is 278 g/mol. The van der Waals surface area contributed by atoms with Crippen molar-refractivity contribution in [1.82, 2.24) is 4.90 Å². The maximum absolute atomic E-state index is 12.1. The van der Waals surface area contributed by atoms with Crippen LogP contribution in [-0.2, 0) is 9.53 Å². The summed E-state index contributed by atoms with van der Waals surface area (Å²) in [5.41, 5.74) is -0.812. The lowest BCUT2D eigenvalue weighted by atomic mass is 10.1. The average Bonchev–Trinajstić information content (AvgIpc) is 2.64. The maximum atomic E-state index is 12.1. The number of benzene rings is 1. The van der Waals surface area contributed by atoms with Crippen molar-refractivity contribution in [2.75, 3.05) is 13.2 Å². The maximum Gasteiger partial charge on any atom is 0.326 e. The number of hydrogen-bond acceptors (Lipinski definition) is 6. The normalized spacial score (nSPS) is 13.3. The molecule has 0 spiro atoms. The number of amides is 2. The number of nitro groups is 1. The molecule has 0 fully saturated rings. The number of carbonyl (C=O) groups is 3. The smallest absolute Gasteiger partial charge is 0.326 e. The van der Waals surface area contributed by atoms with Crippen molar-refractivity contribution < 1.29 is 24.0 Å². The highest BCUT2D eigenvalue weighted by molar-refractivity contribution is 6.24. The Balaban J connectivity index is 2.38. The van der Waals surface area contributed by atoms with Gasteiger partial charge in [0.2, 0.25) is 0 Å². The molecule has 0 N–H and O–H groups in total. The molecule has 0 saturated heterocycles. The van der Waals surface area contributed by atoms with Gasteiger partial charge in [-0.05, 0) is 13.0 Å². The summed E-state index contributed by atoms with van der Waals surface area (Å²) in [4.78, 5) is 46.2. The summed E-state index contributed by atoms with van der Waals surface area (Å²) in [5.74, 6) is -2.34. The van der Waals surface area contributed by atoms with Crippen molar-refractivity contribution >= 4 is 23.5 Å². The molecule has 2 amide bonds. The molecule has 0 radical (unpaired) electrons. The van der Waals surface area contributed by atoms with Gasteiger partial charge in [0.15, 0.2) is 0 Å². The van der Waals surface area contributed by atoms with Gasteiger partial charge in [-0.15, -0.1) is 0 Å². The van der Waals surface area contributed by atoms with E-state index >= 15 is 0 Å². The molecule has 8 heteroatoms. The van der Waals surface area contributed by atoms with Gasteiger partial charge in [0.25, 0.3) is 17.5 Å². The van der Waals surface area contributed by atoms with Crippen LogP contribution in [0.5, 0.6) is 0 Å². The van der Waals surface area contributed by atoms with Crippen LogP contribution in [0.25, 0.3) is 0 Å². The molecular formula is C12H10N2O6. The van der Waals surface area contributed by atoms with Crippen LogP contribution in [0, 0.1) is 10.1 Å². The number of fused-ring (bicyclic) bond motifs is 1. The minimum Gasteiger partial charge on any atom is -0.465 e. The summed E-state index contributed by atoms with van der Waals surface area (Å²) < 4.78 is 4.66. The van der Waals surface area contributed by atoms with Gasteiger partial charge < -0.3 is 4.74 Å². The van der Waals surface area contributed by atoms with Gasteiger partial charge in [-0.3, -0.25) is 29.4 Å². The van der Waals surface area contributed by atoms with Crippen LogP contribution in [0.2, 0.25) is 0 Å². The highest BCUT2D eigenvalue weighted by Gasteiger charge is 2.41. The van der Waals surface area contributed by atoms with Crippen molar-refractivity contribution in [3.63, 3.8) is 0 Å². The fourth-order valence-corrected chi connectivity index (χ4v) is 1.95. The van der Waals surface area contributed by atoms with E-state index in [1.54, 1.807) is 6.92 Å². The summed E-state index contributed by atoms with van der Waals surface area (Å²) >= 11 is 0. The van der Waals surface area contributed by atoms with Crippen molar-refractivity contribution in [1.29, 1.82) is 0 Å². The Morgan fingerprint density at radius 2 is 2.05 bits per heavy atom. The second kappa shape index (κ2) is 5.08. The van der Waals surface area contributed by atoms with E-state index in [0.29, 0.717) is 4.90 Å². The van der Waals surface area contributed by atoms with Crippen LogP contribution in [0.3, 0.4) is 0 Å². The number of hydrogen-bond donors (Lipinski definition) is 0. The van der Waals surface area contributed by atoms with E-state index < -0.39 is 34.9 Å². The Morgan fingerprint density at radius 3 is 2.65 bits per heavy atom. The Labute approximate surface area is 113 Å². The van der Waals surface area contributed by atoms with Gasteiger partial charge in [-0.25, -0.2) is 0 Å². The molecule has 1 heterocycles. The van der Waals surface area contributed by atoms with E-state index in [1.165, 1.54) is 12.1 Å². The SMILES string of the molecule is CCOC(=O)CN1C(=O)c2cccc([N+](=O)[O-])c2C1=O. The third kappa shape index (κ3) is 2.11. The summed E-state index contributed by atoms with van der Waals surface area (Å²) in [6, 6.07) is 3.77. The quantitative estimate of drug-likeness (QED) is 0.348. The van der Waals surface area contributed by atoms with Crippen molar-refractivity contribution in [3.05, 3.63) is 39.4 Å². The van der Waals surface area contributed by atoms with E-state index in [2.05, 4.69) is 4.74 Å². The zero-order valence-corrected chi connectivity index (χ0v) is 10.5. The van der Waals surface area contributed by atoms with Gasteiger partial charge in [-0.2, -0.15) is 0 Å². The number of carbonyl (C=O) groups excluding carboxylic acids is 3. The molecule has 1 aliphatic heterocycles. The van der Waals surface area contributed by atoms with E-state index in [0.717, 1.165) is 6.07 Å². The first kappa shape index (κ1) is 13.7. The third-order valence-electron chi connectivity index (χ3n) is 2.77. The Hall–Kier alpha value is -2.77. The molecule has 1 aliphatic rings.